The molecule has 4 heterocycles. The molecule has 0 saturated carbocycles. The fourth-order valence-corrected chi connectivity index (χ4v) is 4.55. The molecule has 0 radical (unpaired) electrons. The Morgan fingerprint density at radius 2 is 2.00 bits per heavy atom. The van der Waals surface area contributed by atoms with Crippen LogP contribution >= 0.6 is 23.1 Å². The van der Waals surface area contributed by atoms with Crippen molar-refractivity contribution in [1.82, 2.24) is 9.80 Å². The number of rotatable bonds is 3. The molecule has 0 bridgehead atoms. The standard InChI is InChI=1S/C16H15N5O4S2/c22-15(12-3-4-14(25-12)21(23)24)19-5-7-20(8-6-19)16-18-17-11(10-27-16)13-2-1-9-26-13/h1-4,9H,5-8,10H2. The SMILES string of the molecule is O=C(c1ccc([N+](=O)[O-])o1)N1CCN(C2=NN=C(c3cccs3)CS2)CC1. The van der Waals surface area contributed by atoms with Gasteiger partial charge >= 0.3 is 5.88 Å². The van der Waals surface area contributed by atoms with E-state index in [-0.39, 0.29) is 11.7 Å². The minimum absolute atomic E-state index is 0.00952. The molecule has 4 rings (SSSR count). The van der Waals surface area contributed by atoms with Crippen molar-refractivity contribution in [3.05, 3.63) is 50.4 Å². The number of furan rings is 1. The largest absolute Gasteiger partial charge is 0.433 e. The van der Waals surface area contributed by atoms with Gasteiger partial charge in [0.25, 0.3) is 5.91 Å². The quantitative estimate of drug-likeness (QED) is 0.574. The molecule has 2 aromatic heterocycles. The lowest BCUT2D eigenvalue weighted by Gasteiger charge is -2.35. The molecular weight excluding hydrogens is 390 g/mol. The first-order valence-corrected chi connectivity index (χ1v) is 10.1. The second-order valence-corrected chi connectivity index (χ2v) is 7.76. The van der Waals surface area contributed by atoms with Gasteiger partial charge in [-0.15, -0.1) is 16.4 Å². The first-order valence-electron chi connectivity index (χ1n) is 8.21. The molecule has 1 amide bonds. The van der Waals surface area contributed by atoms with Crippen molar-refractivity contribution in [2.24, 2.45) is 10.2 Å². The van der Waals surface area contributed by atoms with Gasteiger partial charge in [0.05, 0.1) is 16.7 Å². The van der Waals surface area contributed by atoms with Gasteiger partial charge in [-0.2, -0.15) is 5.10 Å². The van der Waals surface area contributed by atoms with Gasteiger partial charge in [0, 0.05) is 31.9 Å². The number of nitro groups is 1. The van der Waals surface area contributed by atoms with E-state index in [0.29, 0.717) is 26.2 Å². The summed E-state index contributed by atoms with van der Waals surface area (Å²) in [6.45, 7) is 2.25. The molecule has 0 aliphatic carbocycles. The normalized spacial score (nSPS) is 17.5. The van der Waals surface area contributed by atoms with Crippen LogP contribution in [0.2, 0.25) is 0 Å². The summed E-state index contributed by atoms with van der Waals surface area (Å²) in [5.41, 5.74) is 0.979. The molecule has 27 heavy (non-hydrogen) atoms. The Morgan fingerprint density at radius 1 is 1.19 bits per heavy atom. The van der Waals surface area contributed by atoms with Gasteiger partial charge in [0.15, 0.2) is 10.9 Å². The van der Waals surface area contributed by atoms with E-state index in [4.69, 9.17) is 4.42 Å². The number of thiophene rings is 1. The maximum atomic E-state index is 12.4. The molecular formula is C16H15N5O4S2. The van der Waals surface area contributed by atoms with Crippen molar-refractivity contribution < 1.29 is 14.1 Å². The average Bonchev–Trinajstić information content (AvgIpc) is 3.40. The van der Waals surface area contributed by atoms with Crippen molar-refractivity contribution in [1.29, 1.82) is 0 Å². The molecule has 0 spiro atoms. The summed E-state index contributed by atoms with van der Waals surface area (Å²) in [6.07, 6.45) is 0. The maximum absolute atomic E-state index is 12.4. The van der Waals surface area contributed by atoms with Crippen LogP contribution in [0.15, 0.2) is 44.3 Å². The lowest BCUT2D eigenvalue weighted by molar-refractivity contribution is -0.402. The smallest absolute Gasteiger partial charge is 0.395 e. The summed E-state index contributed by atoms with van der Waals surface area (Å²) in [6, 6.07) is 6.57. The Labute approximate surface area is 162 Å². The van der Waals surface area contributed by atoms with E-state index >= 15 is 0 Å². The third kappa shape index (κ3) is 3.74. The Hall–Kier alpha value is -2.66. The maximum Gasteiger partial charge on any atom is 0.433 e. The number of nitrogens with zero attached hydrogens (tertiary/aromatic N) is 5. The predicted octanol–water partition coefficient (Wildman–Crippen LogP) is 2.51. The Bertz CT molecular complexity index is 913. The average molecular weight is 405 g/mol. The predicted molar refractivity (Wildman–Crippen MR) is 104 cm³/mol. The minimum atomic E-state index is -0.655. The Morgan fingerprint density at radius 3 is 2.59 bits per heavy atom. The number of amidine groups is 1. The van der Waals surface area contributed by atoms with E-state index < -0.39 is 10.8 Å². The van der Waals surface area contributed by atoms with Gasteiger partial charge in [0.2, 0.25) is 0 Å². The van der Waals surface area contributed by atoms with E-state index in [1.165, 1.54) is 12.1 Å². The summed E-state index contributed by atoms with van der Waals surface area (Å²) in [5.74, 6) is 0.00206. The van der Waals surface area contributed by atoms with E-state index in [1.807, 2.05) is 17.5 Å². The summed E-state index contributed by atoms with van der Waals surface area (Å²) >= 11 is 3.29. The summed E-state index contributed by atoms with van der Waals surface area (Å²) in [5, 5.41) is 22.2. The lowest BCUT2D eigenvalue weighted by atomic mass is 10.3. The molecule has 11 heteroatoms. The fourth-order valence-electron chi connectivity index (χ4n) is 2.81. The Balaban J connectivity index is 1.36. The fraction of sp³-hybridized carbons (Fsp3) is 0.312. The molecule has 0 aromatic carbocycles. The second kappa shape index (κ2) is 7.53. The van der Waals surface area contributed by atoms with Crippen LogP contribution < -0.4 is 0 Å². The van der Waals surface area contributed by atoms with Crippen LogP contribution in [0.4, 0.5) is 5.88 Å². The molecule has 0 N–H and O–H groups in total. The van der Waals surface area contributed by atoms with Crippen molar-refractivity contribution in [3.8, 4) is 0 Å². The molecule has 2 aromatic rings. The number of carbonyl (C=O) groups is 1. The summed E-state index contributed by atoms with van der Waals surface area (Å²) in [4.78, 5) is 27.3. The van der Waals surface area contributed by atoms with Gasteiger partial charge < -0.3 is 14.2 Å². The van der Waals surface area contributed by atoms with Crippen LogP contribution in [-0.2, 0) is 0 Å². The molecule has 9 nitrogen and oxygen atoms in total. The zero-order valence-electron chi connectivity index (χ0n) is 14.1. The molecule has 140 valence electrons. The highest BCUT2D eigenvalue weighted by Gasteiger charge is 2.28. The monoisotopic (exact) mass is 405 g/mol. The van der Waals surface area contributed by atoms with Gasteiger partial charge in [0.1, 0.15) is 4.92 Å². The zero-order valence-corrected chi connectivity index (χ0v) is 15.7. The molecule has 0 atom stereocenters. The van der Waals surface area contributed by atoms with Crippen LogP contribution in [0.25, 0.3) is 0 Å². The molecule has 1 saturated heterocycles. The molecule has 2 aliphatic heterocycles. The van der Waals surface area contributed by atoms with Gasteiger partial charge in [-0.05, 0) is 17.5 Å². The number of amides is 1. The first kappa shape index (κ1) is 17.7. The van der Waals surface area contributed by atoms with Gasteiger partial charge in [-0.1, -0.05) is 17.8 Å². The third-order valence-corrected chi connectivity index (χ3v) is 6.15. The Kier molecular flexibility index (Phi) is 4.94. The van der Waals surface area contributed by atoms with Crippen molar-refractivity contribution in [2.75, 3.05) is 31.9 Å². The minimum Gasteiger partial charge on any atom is -0.395 e. The second-order valence-electron chi connectivity index (χ2n) is 5.87. The van der Waals surface area contributed by atoms with Gasteiger partial charge in [-0.3, -0.25) is 14.9 Å². The topological polar surface area (TPSA) is 105 Å². The lowest BCUT2D eigenvalue weighted by Crippen LogP contribution is -2.50. The summed E-state index contributed by atoms with van der Waals surface area (Å²) in [7, 11) is 0. The zero-order chi connectivity index (χ0) is 18.8. The molecule has 0 unspecified atom stereocenters. The van der Waals surface area contributed by atoms with Crippen LogP contribution in [0, 0.1) is 10.1 Å². The number of hydrogen-bond acceptors (Lipinski definition) is 9. The first-order chi connectivity index (χ1) is 13.1. The molecule has 1 fully saturated rings. The van der Waals surface area contributed by atoms with E-state index in [1.54, 1.807) is 28.0 Å². The van der Waals surface area contributed by atoms with Crippen molar-refractivity contribution >= 4 is 45.8 Å². The van der Waals surface area contributed by atoms with E-state index in [9.17, 15) is 14.9 Å². The van der Waals surface area contributed by atoms with Crippen molar-refractivity contribution in [2.45, 2.75) is 0 Å². The van der Waals surface area contributed by atoms with E-state index in [2.05, 4.69) is 15.1 Å². The summed E-state index contributed by atoms with van der Waals surface area (Å²) < 4.78 is 5.00. The van der Waals surface area contributed by atoms with Crippen molar-refractivity contribution in [3.63, 3.8) is 0 Å². The number of thioether (sulfide) groups is 1. The number of piperazine rings is 1. The van der Waals surface area contributed by atoms with E-state index in [0.717, 1.165) is 21.5 Å². The van der Waals surface area contributed by atoms with Crippen LogP contribution in [-0.4, -0.2) is 63.4 Å². The highest BCUT2D eigenvalue weighted by atomic mass is 32.2. The highest BCUT2D eigenvalue weighted by molar-refractivity contribution is 8.14. The third-order valence-electron chi connectivity index (χ3n) is 4.22. The number of hydrogen-bond donors (Lipinski definition) is 0. The van der Waals surface area contributed by atoms with Crippen LogP contribution in [0.5, 0.6) is 0 Å². The molecule has 2 aliphatic rings. The van der Waals surface area contributed by atoms with Crippen LogP contribution in [0.3, 0.4) is 0 Å². The number of carbonyl (C=O) groups excluding carboxylic acids is 1. The van der Waals surface area contributed by atoms with Gasteiger partial charge in [-0.25, -0.2) is 0 Å². The van der Waals surface area contributed by atoms with Crippen LogP contribution in [0.1, 0.15) is 15.4 Å². The highest BCUT2D eigenvalue weighted by Crippen LogP contribution is 2.22.